The molecule has 2 amide bonds. The number of likely N-dealkylation sites (N-methyl/N-ethyl adjacent to an activating group) is 1. The maximum absolute atomic E-state index is 12.7. The molecule has 0 radical (unpaired) electrons. The van der Waals surface area contributed by atoms with Gasteiger partial charge in [0, 0.05) is 25.1 Å². The van der Waals surface area contributed by atoms with E-state index in [-0.39, 0.29) is 43.5 Å². The largest absolute Gasteiger partial charge is 0.472 e. The van der Waals surface area contributed by atoms with Crippen molar-refractivity contribution in [1.82, 2.24) is 5.32 Å². The molecule has 0 aliphatic heterocycles. The molecule has 0 saturated carbocycles. The van der Waals surface area contributed by atoms with Gasteiger partial charge in [0.15, 0.2) is 6.10 Å². The van der Waals surface area contributed by atoms with E-state index in [0.717, 1.165) is 76.3 Å². The van der Waals surface area contributed by atoms with Crippen LogP contribution in [0.5, 0.6) is 0 Å². The van der Waals surface area contributed by atoms with E-state index in [2.05, 4.69) is 38.3 Å². The Bertz CT molecular complexity index is 1310. The molecule has 0 fully saturated rings. The van der Waals surface area contributed by atoms with Gasteiger partial charge in [-0.15, -0.1) is 0 Å². The van der Waals surface area contributed by atoms with E-state index in [1.165, 1.54) is 69.8 Å². The first kappa shape index (κ1) is 55.5. The fourth-order valence-electron chi connectivity index (χ4n) is 6.61. The van der Waals surface area contributed by atoms with Crippen LogP contribution in [0.3, 0.4) is 0 Å². The second-order valence-corrected chi connectivity index (χ2v) is 20.0. The van der Waals surface area contributed by atoms with Gasteiger partial charge in [-0.05, 0) is 42.4 Å². The number of hydrogen-bond donors (Lipinski definition) is 3. The minimum absolute atomic E-state index is 0.0158. The van der Waals surface area contributed by atoms with Gasteiger partial charge in [-0.3, -0.25) is 18.6 Å². The van der Waals surface area contributed by atoms with Gasteiger partial charge in [0.25, 0.3) is 0 Å². The van der Waals surface area contributed by atoms with Crippen molar-refractivity contribution >= 4 is 31.5 Å². The molecule has 0 aromatic heterocycles. The Hall–Kier alpha value is -2.50. The SMILES string of the molecule is CCCCCCCCCCCCCCCC(=O)OC[C@H](COP(=O)(O)OCC[N+](C)(C)C)OC(=O)CCCCCCCCCCCNC(=O)Nc1ccc(C(C)(C)C)cc1. The van der Waals surface area contributed by atoms with Crippen LogP contribution in [0.1, 0.15) is 187 Å². The first-order valence-corrected chi connectivity index (χ1v) is 24.9. The van der Waals surface area contributed by atoms with Crippen LogP contribution in [-0.2, 0) is 38.1 Å². The number of carbonyl (C=O) groups is 3. The third-order valence-electron chi connectivity index (χ3n) is 10.5. The van der Waals surface area contributed by atoms with Crippen molar-refractivity contribution in [1.29, 1.82) is 0 Å². The summed E-state index contributed by atoms with van der Waals surface area (Å²) in [6.45, 7) is 9.21. The summed E-state index contributed by atoms with van der Waals surface area (Å²) in [7, 11) is 1.42. The molecule has 1 unspecified atom stereocenters. The van der Waals surface area contributed by atoms with Gasteiger partial charge >= 0.3 is 25.8 Å². The van der Waals surface area contributed by atoms with Crippen LogP contribution in [0.4, 0.5) is 10.5 Å². The Balaban J connectivity index is 2.27. The molecule has 1 aromatic carbocycles. The van der Waals surface area contributed by atoms with Crippen molar-refractivity contribution in [2.45, 2.75) is 193 Å². The monoisotopic (exact) mass is 869 g/mol. The first-order valence-electron chi connectivity index (χ1n) is 23.4. The van der Waals surface area contributed by atoms with Gasteiger partial charge in [-0.1, -0.05) is 162 Å². The predicted molar refractivity (Wildman–Crippen MR) is 244 cm³/mol. The lowest BCUT2D eigenvalue weighted by atomic mass is 9.87. The number of esters is 2. The molecular weight excluding hydrogens is 782 g/mol. The van der Waals surface area contributed by atoms with Crippen LogP contribution in [-0.4, -0.2) is 87.5 Å². The Morgan fingerprint density at radius 2 is 1.13 bits per heavy atom. The number of rotatable bonds is 37. The average molecular weight is 869 g/mol. The predicted octanol–water partition coefficient (Wildman–Crippen LogP) is 11.8. The van der Waals surface area contributed by atoms with E-state index >= 15 is 0 Å². The minimum atomic E-state index is -4.40. The van der Waals surface area contributed by atoms with Crippen LogP contribution in [0.2, 0.25) is 0 Å². The number of nitrogens with zero attached hydrogens (tertiary/aromatic N) is 1. The van der Waals surface area contributed by atoms with Crippen LogP contribution in [0, 0.1) is 0 Å². The van der Waals surface area contributed by atoms with Crippen LogP contribution >= 0.6 is 7.82 Å². The van der Waals surface area contributed by atoms with Crippen molar-refractivity contribution < 1.29 is 46.8 Å². The number of unbranched alkanes of at least 4 members (excludes halogenated alkanes) is 20. The highest BCUT2D eigenvalue weighted by Gasteiger charge is 2.27. The van der Waals surface area contributed by atoms with Gasteiger partial charge in [-0.25, -0.2) is 9.36 Å². The maximum Gasteiger partial charge on any atom is 0.472 e. The molecule has 348 valence electrons. The molecule has 3 N–H and O–H groups in total. The number of phosphoric ester groups is 1. The third kappa shape index (κ3) is 33.2. The highest BCUT2D eigenvalue weighted by Crippen LogP contribution is 2.43. The van der Waals surface area contributed by atoms with Crippen molar-refractivity contribution in [3.8, 4) is 0 Å². The molecular formula is C47H87N3O9P+. The minimum Gasteiger partial charge on any atom is -0.462 e. The lowest BCUT2D eigenvalue weighted by Crippen LogP contribution is -2.37. The second kappa shape index (κ2) is 33.1. The topological polar surface area (TPSA) is 149 Å². The van der Waals surface area contributed by atoms with E-state index in [9.17, 15) is 23.8 Å². The van der Waals surface area contributed by atoms with E-state index in [1.54, 1.807) is 0 Å². The molecule has 0 aliphatic carbocycles. The van der Waals surface area contributed by atoms with Gasteiger partial charge in [0.2, 0.25) is 0 Å². The lowest BCUT2D eigenvalue weighted by Gasteiger charge is -2.24. The van der Waals surface area contributed by atoms with Crippen LogP contribution < -0.4 is 10.6 Å². The number of nitrogens with one attached hydrogen (secondary N) is 2. The zero-order valence-electron chi connectivity index (χ0n) is 39.0. The number of benzene rings is 1. The zero-order chi connectivity index (χ0) is 44.5. The second-order valence-electron chi connectivity index (χ2n) is 18.5. The van der Waals surface area contributed by atoms with Crippen molar-refractivity contribution in [3.63, 3.8) is 0 Å². The number of anilines is 1. The lowest BCUT2D eigenvalue weighted by molar-refractivity contribution is -0.870. The van der Waals surface area contributed by atoms with E-state index in [4.69, 9.17) is 18.5 Å². The maximum atomic E-state index is 12.7. The normalized spacial score (nSPS) is 13.4. The number of urea groups is 1. The summed E-state index contributed by atoms with van der Waals surface area (Å²) in [5.74, 6) is -0.848. The van der Waals surface area contributed by atoms with E-state index < -0.39 is 26.5 Å². The summed E-state index contributed by atoms with van der Waals surface area (Å²) in [6, 6.07) is 7.79. The van der Waals surface area contributed by atoms with Gasteiger partial charge in [0.1, 0.15) is 19.8 Å². The molecule has 0 saturated heterocycles. The molecule has 2 atom stereocenters. The quantitative estimate of drug-likeness (QED) is 0.0257. The number of phosphoric acid groups is 1. The first-order chi connectivity index (χ1) is 28.5. The Morgan fingerprint density at radius 3 is 1.62 bits per heavy atom. The molecule has 12 nitrogen and oxygen atoms in total. The third-order valence-corrected chi connectivity index (χ3v) is 11.5. The summed E-state index contributed by atoms with van der Waals surface area (Å²) >= 11 is 0. The van der Waals surface area contributed by atoms with Crippen molar-refractivity contribution in [2.75, 3.05) is 59.4 Å². The molecule has 1 aromatic rings. The van der Waals surface area contributed by atoms with Crippen molar-refractivity contribution in [3.05, 3.63) is 29.8 Å². The molecule has 1 rings (SSSR count). The summed E-state index contributed by atoms with van der Waals surface area (Å²) in [6.07, 6.45) is 24.2. The van der Waals surface area contributed by atoms with Crippen LogP contribution in [0.15, 0.2) is 24.3 Å². The number of hydrogen-bond acceptors (Lipinski definition) is 8. The molecule has 0 spiro atoms. The summed E-state index contributed by atoms with van der Waals surface area (Å²) in [4.78, 5) is 47.7. The smallest absolute Gasteiger partial charge is 0.462 e. The standard InChI is InChI=1S/C47H86N3O9P/c1-8-9-10-11-12-13-14-15-16-18-21-24-27-30-44(51)56-39-43(40-58-60(54,55)57-38-37-50(5,6)7)59-45(52)31-28-25-22-19-17-20-23-26-29-36-48-46(53)49-42-34-32-41(33-35-42)47(2,3)4/h32-35,43H,8-31,36-40H2,1-7H3,(H2-,48,49,53,54,55)/p+1/t43-/m1/s1. The Morgan fingerprint density at radius 1 is 0.667 bits per heavy atom. The zero-order valence-corrected chi connectivity index (χ0v) is 39.9. The van der Waals surface area contributed by atoms with E-state index in [0.29, 0.717) is 24.0 Å². The molecule has 0 heterocycles. The number of ether oxygens (including phenoxy) is 2. The fourth-order valence-corrected chi connectivity index (χ4v) is 7.35. The summed E-state index contributed by atoms with van der Waals surface area (Å²) in [5.41, 5.74) is 2.08. The molecule has 0 bridgehead atoms. The van der Waals surface area contributed by atoms with Gasteiger partial charge in [-0.2, -0.15) is 0 Å². The number of amides is 2. The summed E-state index contributed by atoms with van der Waals surface area (Å²) in [5, 5.41) is 5.83. The summed E-state index contributed by atoms with van der Waals surface area (Å²) < 4.78 is 34.3. The van der Waals surface area contributed by atoms with Gasteiger partial charge < -0.3 is 29.5 Å². The van der Waals surface area contributed by atoms with Crippen LogP contribution in [0.25, 0.3) is 0 Å². The Kier molecular flexibility index (Phi) is 30.6. The Labute approximate surface area is 365 Å². The molecule has 0 aliphatic rings. The average Bonchev–Trinajstić information content (AvgIpc) is 3.17. The fraction of sp³-hybridized carbons (Fsp3) is 0.809. The highest BCUT2D eigenvalue weighted by molar-refractivity contribution is 7.47. The van der Waals surface area contributed by atoms with E-state index in [1.807, 2.05) is 45.4 Å². The number of carbonyl (C=O) groups excluding carboxylic acids is 3. The van der Waals surface area contributed by atoms with Crippen molar-refractivity contribution in [2.24, 2.45) is 0 Å². The molecule has 13 heteroatoms. The molecule has 60 heavy (non-hydrogen) atoms. The highest BCUT2D eigenvalue weighted by atomic mass is 31.2. The van der Waals surface area contributed by atoms with Gasteiger partial charge in [0.05, 0.1) is 27.7 Å². The number of quaternary nitrogens is 1.